The standard InChI is InChI=1S/C17H34N2/c1-4-9-18-13-16-7-10-19(11-8-16)17-6-5-14(2)15(3)12-17/h14-18H,4-13H2,1-3H3. The van der Waals surface area contributed by atoms with Gasteiger partial charge in [0, 0.05) is 6.04 Å². The summed E-state index contributed by atoms with van der Waals surface area (Å²) < 4.78 is 0. The van der Waals surface area contributed by atoms with Crippen molar-refractivity contribution < 1.29 is 0 Å². The molecule has 0 aromatic rings. The van der Waals surface area contributed by atoms with E-state index < -0.39 is 0 Å². The van der Waals surface area contributed by atoms with E-state index in [0.29, 0.717) is 0 Å². The van der Waals surface area contributed by atoms with Crippen molar-refractivity contribution in [3.8, 4) is 0 Å². The van der Waals surface area contributed by atoms with Gasteiger partial charge in [-0.25, -0.2) is 0 Å². The third-order valence-electron chi connectivity index (χ3n) is 5.60. The topological polar surface area (TPSA) is 15.3 Å². The third kappa shape index (κ3) is 4.46. The average molecular weight is 266 g/mol. The Morgan fingerprint density at radius 3 is 2.37 bits per heavy atom. The highest BCUT2D eigenvalue weighted by Gasteiger charge is 2.30. The highest BCUT2D eigenvalue weighted by atomic mass is 15.2. The van der Waals surface area contributed by atoms with Gasteiger partial charge in [0.1, 0.15) is 0 Å². The summed E-state index contributed by atoms with van der Waals surface area (Å²) in [6, 6.07) is 0.899. The fourth-order valence-corrected chi connectivity index (χ4v) is 3.86. The number of piperidine rings is 1. The van der Waals surface area contributed by atoms with E-state index in [2.05, 4.69) is 31.0 Å². The molecule has 112 valence electrons. The van der Waals surface area contributed by atoms with Crippen LogP contribution in [0.25, 0.3) is 0 Å². The number of likely N-dealkylation sites (tertiary alicyclic amines) is 1. The lowest BCUT2D eigenvalue weighted by Crippen LogP contribution is -2.45. The van der Waals surface area contributed by atoms with E-state index in [0.717, 1.165) is 23.8 Å². The summed E-state index contributed by atoms with van der Waals surface area (Å²) in [5.74, 6) is 2.82. The number of nitrogens with one attached hydrogen (secondary N) is 1. The lowest BCUT2D eigenvalue weighted by Gasteiger charge is -2.42. The van der Waals surface area contributed by atoms with Gasteiger partial charge >= 0.3 is 0 Å². The van der Waals surface area contributed by atoms with Crippen molar-refractivity contribution >= 4 is 0 Å². The molecule has 0 spiro atoms. The first kappa shape index (κ1) is 15.3. The van der Waals surface area contributed by atoms with Crippen LogP contribution in [0.3, 0.4) is 0 Å². The molecule has 3 unspecified atom stereocenters. The van der Waals surface area contributed by atoms with Gasteiger partial charge < -0.3 is 10.2 Å². The van der Waals surface area contributed by atoms with Crippen LogP contribution in [0, 0.1) is 17.8 Å². The molecule has 2 fully saturated rings. The first-order valence-corrected chi connectivity index (χ1v) is 8.65. The molecule has 2 nitrogen and oxygen atoms in total. The van der Waals surface area contributed by atoms with Crippen molar-refractivity contribution in [2.45, 2.75) is 65.3 Å². The molecule has 1 heterocycles. The van der Waals surface area contributed by atoms with Crippen molar-refractivity contribution in [2.75, 3.05) is 26.2 Å². The molecule has 19 heavy (non-hydrogen) atoms. The van der Waals surface area contributed by atoms with Crippen LogP contribution in [0.4, 0.5) is 0 Å². The van der Waals surface area contributed by atoms with Crippen LogP contribution in [0.1, 0.15) is 59.3 Å². The molecule has 0 aromatic heterocycles. The fraction of sp³-hybridized carbons (Fsp3) is 1.00. The third-order valence-corrected chi connectivity index (χ3v) is 5.60. The zero-order valence-electron chi connectivity index (χ0n) is 13.3. The molecule has 0 aromatic carbocycles. The molecular weight excluding hydrogens is 232 g/mol. The minimum absolute atomic E-state index is 0.899. The summed E-state index contributed by atoms with van der Waals surface area (Å²) in [5.41, 5.74) is 0. The smallest absolute Gasteiger partial charge is 0.00979 e. The van der Waals surface area contributed by atoms with Crippen molar-refractivity contribution in [1.82, 2.24) is 10.2 Å². The van der Waals surface area contributed by atoms with Gasteiger partial charge in [-0.15, -0.1) is 0 Å². The number of rotatable bonds is 5. The first-order chi connectivity index (χ1) is 9.20. The van der Waals surface area contributed by atoms with Gasteiger partial charge in [-0.05, 0) is 82.5 Å². The molecule has 0 bridgehead atoms. The van der Waals surface area contributed by atoms with E-state index in [1.165, 1.54) is 64.7 Å². The monoisotopic (exact) mass is 266 g/mol. The number of hydrogen-bond acceptors (Lipinski definition) is 2. The summed E-state index contributed by atoms with van der Waals surface area (Å²) in [6.07, 6.45) is 8.43. The van der Waals surface area contributed by atoms with E-state index in [-0.39, 0.29) is 0 Å². The lowest BCUT2D eigenvalue weighted by molar-refractivity contribution is 0.0758. The molecule has 1 saturated carbocycles. The largest absolute Gasteiger partial charge is 0.316 e. The Balaban J connectivity index is 1.68. The van der Waals surface area contributed by atoms with Gasteiger partial charge in [-0.2, -0.15) is 0 Å². The SMILES string of the molecule is CCCNCC1CCN(C2CCC(C)C(C)C2)CC1. The molecule has 2 aliphatic rings. The molecule has 2 rings (SSSR count). The Morgan fingerprint density at radius 1 is 1.00 bits per heavy atom. The van der Waals surface area contributed by atoms with Crippen molar-refractivity contribution in [2.24, 2.45) is 17.8 Å². The molecule has 0 amide bonds. The van der Waals surface area contributed by atoms with Crippen molar-refractivity contribution in [1.29, 1.82) is 0 Å². The van der Waals surface area contributed by atoms with Gasteiger partial charge in [-0.3, -0.25) is 0 Å². The molecule has 1 aliphatic heterocycles. The minimum Gasteiger partial charge on any atom is -0.316 e. The van der Waals surface area contributed by atoms with E-state index in [1.54, 1.807) is 0 Å². The second kappa shape index (κ2) is 7.64. The highest BCUT2D eigenvalue weighted by molar-refractivity contribution is 4.85. The Kier molecular flexibility index (Phi) is 6.15. The van der Waals surface area contributed by atoms with Crippen LogP contribution >= 0.6 is 0 Å². The van der Waals surface area contributed by atoms with Gasteiger partial charge in [0.25, 0.3) is 0 Å². The Morgan fingerprint density at radius 2 is 1.74 bits per heavy atom. The minimum atomic E-state index is 0.899. The quantitative estimate of drug-likeness (QED) is 0.766. The van der Waals surface area contributed by atoms with Crippen LogP contribution in [0.5, 0.6) is 0 Å². The number of hydrogen-bond donors (Lipinski definition) is 1. The Labute approximate surface area is 120 Å². The fourth-order valence-electron chi connectivity index (χ4n) is 3.86. The van der Waals surface area contributed by atoms with Crippen molar-refractivity contribution in [3.05, 3.63) is 0 Å². The second-order valence-electron chi connectivity index (χ2n) is 7.10. The first-order valence-electron chi connectivity index (χ1n) is 8.65. The lowest BCUT2D eigenvalue weighted by atomic mass is 9.78. The zero-order chi connectivity index (χ0) is 13.7. The summed E-state index contributed by atoms with van der Waals surface area (Å²) in [4.78, 5) is 2.80. The van der Waals surface area contributed by atoms with Crippen LogP contribution in [0.15, 0.2) is 0 Å². The molecule has 2 heteroatoms. The van der Waals surface area contributed by atoms with Gasteiger partial charge in [0.15, 0.2) is 0 Å². The molecule has 1 saturated heterocycles. The van der Waals surface area contributed by atoms with Crippen LogP contribution in [0.2, 0.25) is 0 Å². The molecule has 0 radical (unpaired) electrons. The van der Waals surface area contributed by atoms with E-state index in [9.17, 15) is 0 Å². The van der Waals surface area contributed by atoms with Gasteiger partial charge in [0.2, 0.25) is 0 Å². The highest BCUT2D eigenvalue weighted by Crippen LogP contribution is 2.33. The maximum Gasteiger partial charge on any atom is 0.00979 e. The normalized spacial score (nSPS) is 34.6. The van der Waals surface area contributed by atoms with Gasteiger partial charge in [0.05, 0.1) is 0 Å². The molecule has 1 N–H and O–H groups in total. The van der Waals surface area contributed by atoms with Crippen LogP contribution in [-0.4, -0.2) is 37.1 Å². The van der Waals surface area contributed by atoms with E-state index in [1.807, 2.05) is 0 Å². The summed E-state index contributed by atoms with van der Waals surface area (Å²) >= 11 is 0. The van der Waals surface area contributed by atoms with Crippen LogP contribution < -0.4 is 5.32 Å². The Bertz CT molecular complexity index is 246. The molecule has 3 atom stereocenters. The maximum atomic E-state index is 3.59. The average Bonchev–Trinajstić information content (AvgIpc) is 2.43. The van der Waals surface area contributed by atoms with Crippen molar-refractivity contribution in [3.63, 3.8) is 0 Å². The van der Waals surface area contributed by atoms with Crippen LogP contribution in [-0.2, 0) is 0 Å². The molecule has 1 aliphatic carbocycles. The summed E-state index contributed by atoms with van der Waals surface area (Å²) in [5, 5.41) is 3.59. The second-order valence-corrected chi connectivity index (χ2v) is 7.10. The summed E-state index contributed by atoms with van der Waals surface area (Å²) in [7, 11) is 0. The summed E-state index contributed by atoms with van der Waals surface area (Å²) in [6.45, 7) is 12.3. The van der Waals surface area contributed by atoms with E-state index >= 15 is 0 Å². The predicted octanol–water partition coefficient (Wildman–Crippen LogP) is 3.52. The number of nitrogens with zero attached hydrogens (tertiary/aromatic N) is 1. The Hall–Kier alpha value is -0.0800. The van der Waals surface area contributed by atoms with Gasteiger partial charge in [-0.1, -0.05) is 20.8 Å². The maximum absolute atomic E-state index is 3.59. The van der Waals surface area contributed by atoms with E-state index in [4.69, 9.17) is 0 Å². The molecular formula is C17H34N2. The zero-order valence-corrected chi connectivity index (χ0v) is 13.3. The predicted molar refractivity (Wildman–Crippen MR) is 83.4 cm³/mol.